The number of aliphatic hydroxyl groups excluding tert-OH is 1. The monoisotopic (exact) mass is 343 g/mol. The number of nitrogens with one attached hydrogen (secondary N) is 1. The number of nitrogens with zero attached hydrogens (tertiary/aromatic N) is 1. The molecule has 1 aliphatic carbocycles. The Morgan fingerprint density at radius 1 is 1.28 bits per heavy atom. The van der Waals surface area contributed by atoms with Gasteiger partial charge in [0.05, 0.1) is 25.1 Å². The fraction of sp³-hybridized carbons (Fsp3) is 0.667. The van der Waals surface area contributed by atoms with Crippen molar-refractivity contribution >= 4 is 0 Å². The average molecular weight is 343 g/mol. The van der Waals surface area contributed by atoms with Crippen molar-refractivity contribution in [2.24, 2.45) is 10.8 Å². The normalized spacial score (nSPS) is 31.3. The van der Waals surface area contributed by atoms with Crippen LogP contribution in [0.1, 0.15) is 45.6 Å². The molecular formula is C21H31N2O2+. The van der Waals surface area contributed by atoms with Gasteiger partial charge >= 0.3 is 0 Å². The molecule has 2 fully saturated rings. The van der Waals surface area contributed by atoms with Gasteiger partial charge in [0.2, 0.25) is 0 Å². The van der Waals surface area contributed by atoms with E-state index in [2.05, 4.69) is 26.8 Å². The van der Waals surface area contributed by atoms with Gasteiger partial charge in [0.1, 0.15) is 25.0 Å². The number of nitriles is 1. The van der Waals surface area contributed by atoms with Gasteiger partial charge in [0.15, 0.2) is 0 Å². The number of ether oxygens (including phenoxy) is 1. The first-order chi connectivity index (χ1) is 11.8. The average Bonchev–Trinajstić information content (AvgIpc) is 2.75. The molecule has 1 heterocycles. The molecule has 2 aliphatic rings. The summed E-state index contributed by atoms with van der Waals surface area (Å²) >= 11 is 0. The summed E-state index contributed by atoms with van der Waals surface area (Å²) in [6, 6.07) is 10.4. The van der Waals surface area contributed by atoms with E-state index in [1.165, 1.54) is 25.8 Å². The third-order valence-corrected chi connectivity index (χ3v) is 5.82. The second kappa shape index (κ2) is 6.97. The molecule has 0 amide bonds. The van der Waals surface area contributed by atoms with Gasteiger partial charge in [-0.1, -0.05) is 32.9 Å². The molecule has 0 aromatic heterocycles. The third-order valence-electron chi connectivity index (χ3n) is 5.82. The molecule has 136 valence electrons. The highest BCUT2D eigenvalue weighted by atomic mass is 16.5. The number of aliphatic hydroxyl groups is 1. The van der Waals surface area contributed by atoms with Crippen LogP contribution in [0.15, 0.2) is 24.3 Å². The van der Waals surface area contributed by atoms with Crippen LogP contribution in [-0.4, -0.2) is 36.9 Å². The van der Waals surface area contributed by atoms with Crippen LogP contribution < -0.4 is 9.64 Å². The quantitative estimate of drug-likeness (QED) is 0.830. The van der Waals surface area contributed by atoms with Gasteiger partial charge in [0, 0.05) is 18.3 Å². The first-order valence-electron chi connectivity index (χ1n) is 9.40. The Bertz CT molecular complexity index is 634. The Morgan fingerprint density at radius 3 is 2.68 bits per heavy atom. The van der Waals surface area contributed by atoms with Gasteiger partial charge in [-0.25, -0.2) is 0 Å². The highest BCUT2D eigenvalue weighted by molar-refractivity contribution is 5.28. The topological polar surface area (TPSA) is 57.7 Å². The zero-order valence-corrected chi connectivity index (χ0v) is 15.7. The van der Waals surface area contributed by atoms with Crippen molar-refractivity contribution in [3.63, 3.8) is 0 Å². The standard InChI is InChI=1S/C21H30N2O2/c1-20(2)10-17-11-21(3,14-20)15-23(17)12-18(24)13-25-19-6-4-16(5-7-19)8-9-22/h4-7,17-18,24H,8,10-15H2,1-3H3/p+1/t17-,18+,21-/m1/s1. The molecule has 1 aromatic rings. The molecule has 1 aliphatic heterocycles. The van der Waals surface area contributed by atoms with E-state index < -0.39 is 6.10 Å². The Balaban J connectivity index is 1.50. The lowest BCUT2D eigenvalue weighted by Crippen LogP contribution is -3.15. The second-order valence-corrected chi connectivity index (χ2v) is 9.24. The Hall–Kier alpha value is -1.57. The van der Waals surface area contributed by atoms with Crippen LogP contribution in [0.2, 0.25) is 0 Å². The van der Waals surface area contributed by atoms with E-state index in [1.807, 2.05) is 24.3 Å². The van der Waals surface area contributed by atoms with Crippen molar-refractivity contribution in [2.75, 3.05) is 19.7 Å². The number of fused-ring (bicyclic) bond motifs is 2. The molecule has 25 heavy (non-hydrogen) atoms. The molecule has 4 nitrogen and oxygen atoms in total. The Kier molecular flexibility index (Phi) is 5.09. The van der Waals surface area contributed by atoms with Gasteiger partial charge in [-0.3, -0.25) is 0 Å². The molecule has 2 N–H and O–H groups in total. The van der Waals surface area contributed by atoms with Crippen molar-refractivity contribution < 1.29 is 14.7 Å². The number of benzene rings is 1. The van der Waals surface area contributed by atoms with Gasteiger partial charge in [0.25, 0.3) is 0 Å². The lowest BCUT2D eigenvalue weighted by molar-refractivity contribution is -0.917. The van der Waals surface area contributed by atoms with E-state index in [1.54, 1.807) is 4.90 Å². The lowest BCUT2D eigenvalue weighted by Gasteiger charge is -2.37. The predicted octanol–water partition coefficient (Wildman–Crippen LogP) is 1.98. The van der Waals surface area contributed by atoms with Crippen LogP contribution in [0.5, 0.6) is 5.75 Å². The Morgan fingerprint density at radius 2 is 2.00 bits per heavy atom. The van der Waals surface area contributed by atoms with Gasteiger partial charge < -0.3 is 14.7 Å². The molecule has 0 radical (unpaired) electrons. The van der Waals surface area contributed by atoms with Crippen LogP contribution in [0.3, 0.4) is 0 Å². The second-order valence-electron chi connectivity index (χ2n) is 9.24. The van der Waals surface area contributed by atoms with Crippen molar-refractivity contribution in [2.45, 2.75) is 58.6 Å². The molecule has 1 saturated carbocycles. The van der Waals surface area contributed by atoms with Gasteiger partial charge in [-0.15, -0.1) is 0 Å². The minimum absolute atomic E-state index is 0.327. The van der Waals surface area contributed by atoms with E-state index in [0.29, 0.717) is 29.9 Å². The highest BCUT2D eigenvalue weighted by Gasteiger charge is 2.52. The van der Waals surface area contributed by atoms with E-state index in [4.69, 9.17) is 10.00 Å². The van der Waals surface area contributed by atoms with Crippen LogP contribution in [-0.2, 0) is 6.42 Å². The van der Waals surface area contributed by atoms with Crippen LogP contribution >= 0.6 is 0 Å². The summed E-state index contributed by atoms with van der Waals surface area (Å²) in [5.74, 6) is 0.754. The molecule has 4 heteroatoms. The maximum atomic E-state index is 10.5. The summed E-state index contributed by atoms with van der Waals surface area (Å²) in [5, 5.41) is 19.2. The number of hydrogen-bond acceptors (Lipinski definition) is 3. The fourth-order valence-electron chi connectivity index (χ4n) is 5.34. The zero-order valence-electron chi connectivity index (χ0n) is 15.7. The highest BCUT2D eigenvalue weighted by Crippen LogP contribution is 2.47. The summed E-state index contributed by atoms with van der Waals surface area (Å²) < 4.78 is 5.74. The zero-order chi connectivity index (χ0) is 18.1. The van der Waals surface area contributed by atoms with E-state index >= 15 is 0 Å². The number of rotatable bonds is 6. The summed E-state index contributed by atoms with van der Waals surface area (Å²) in [5.41, 5.74) is 1.84. The number of quaternary nitrogens is 1. The third kappa shape index (κ3) is 4.54. The molecule has 1 saturated heterocycles. The van der Waals surface area contributed by atoms with Gasteiger partial charge in [-0.05, 0) is 29.5 Å². The SMILES string of the molecule is CC1(C)C[C@@H]2C[C@@](C)(C[NH+]2C[C@H](O)COc2ccc(CC#N)cc2)C1. The van der Waals surface area contributed by atoms with Crippen molar-refractivity contribution in [1.29, 1.82) is 5.26 Å². The molecule has 4 atom stereocenters. The maximum Gasteiger partial charge on any atom is 0.137 e. The van der Waals surface area contributed by atoms with Gasteiger partial charge in [-0.2, -0.15) is 5.26 Å². The molecule has 2 bridgehead atoms. The van der Waals surface area contributed by atoms with E-state index in [-0.39, 0.29) is 0 Å². The van der Waals surface area contributed by atoms with Crippen molar-refractivity contribution in [1.82, 2.24) is 0 Å². The number of likely N-dealkylation sites (tertiary alicyclic amines) is 1. The molecule has 3 rings (SSSR count). The summed E-state index contributed by atoms with van der Waals surface area (Å²) in [6.07, 6.45) is 3.81. The lowest BCUT2D eigenvalue weighted by atomic mass is 9.65. The van der Waals surface area contributed by atoms with Crippen LogP contribution in [0.4, 0.5) is 0 Å². The molecule has 1 unspecified atom stereocenters. The predicted molar refractivity (Wildman–Crippen MR) is 97.5 cm³/mol. The van der Waals surface area contributed by atoms with Crippen LogP contribution in [0.25, 0.3) is 0 Å². The minimum atomic E-state index is -0.445. The largest absolute Gasteiger partial charge is 0.491 e. The van der Waals surface area contributed by atoms with Crippen molar-refractivity contribution in [3.05, 3.63) is 29.8 Å². The molecule has 1 aromatic carbocycles. The van der Waals surface area contributed by atoms with Crippen molar-refractivity contribution in [3.8, 4) is 11.8 Å². The summed E-state index contributed by atoms with van der Waals surface area (Å²) in [4.78, 5) is 1.55. The first kappa shape index (κ1) is 18.2. The first-order valence-corrected chi connectivity index (χ1v) is 9.40. The Labute approximate surface area is 151 Å². The van der Waals surface area contributed by atoms with Crippen LogP contribution in [0, 0.1) is 22.2 Å². The van der Waals surface area contributed by atoms with E-state index in [9.17, 15) is 5.11 Å². The summed E-state index contributed by atoms with van der Waals surface area (Å²) in [7, 11) is 0. The number of hydrogen-bond donors (Lipinski definition) is 2. The minimum Gasteiger partial charge on any atom is -0.491 e. The fourth-order valence-corrected chi connectivity index (χ4v) is 5.34. The maximum absolute atomic E-state index is 10.5. The molecule has 0 spiro atoms. The summed E-state index contributed by atoms with van der Waals surface area (Å²) in [6.45, 7) is 9.45. The molecular weight excluding hydrogens is 312 g/mol. The smallest absolute Gasteiger partial charge is 0.137 e. The van der Waals surface area contributed by atoms with E-state index in [0.717, 1.165) is 17.9 Å².